The van der Waals surface area contributed by atoms with Crippen molar-refractivity contribution in [1.29, 1.82) is 0 Å². The maximum atomic E-state index is 11.5. The molecule has 15 heavy (non-hydrogen) atoms. The van der Waals surface area contributed by atoms with E-state index >= 15 is 0 Å². The summed E-state index contributed by atoms with van der Waals surface area (Å²) in [6.07, 6.45) is 0.977. The van der Waals surface area contributed by atoms with Crippen LogP contribution in [0.2, 0.25) is 0 Å². The summed E-state index contributed by atoms with van der Waals surface area (Å²) in [6, 6.07) is 0.299. The van der Waals surface area contributed by atoms with Crippen molar-refractivity contribution in [3.05, 3.63) is 5.56 Å². The Morgan fingerprint density at radius 3 is 2.87 bits per heavy atom. The Kier molecular flexibility index (Phi) is 3.90. The van der Waals surface area contributed by atoms with E-state index in [9.17, 15) is 4.79 Å². The van der Waals surface area contributed by atoms with E-state index in [2.05, 4.69) is 21.9 Å². The van der Waals surface area contributed by atoms with Crippen LogP contribution in [0.4, 0.5) is 10.8 Å². The topological polar surface area (TPSA) is 80.0 Å². The number of nitrogens with one attached hydrogen (secondary N) is 2. The number of anilines is 2. The number of amides is 1. The van der Waals surface area contributed by atoms with Crippen molar-refractivity contribution < 1.29 is 4.79 Å². The molecule has 1 aromatic heterocycles. The van der Waals surface area contributed by atoms with Gasteiger partial charge < -0.3 is 16.4 Å². The highest BCUT2D eigenvalue weighted by molar-refractivity contribution is 7.11. The van der Waals surface area contributed by atoms with Gasteiger partial charge in [0.05, 0.1) is 0 Å². The number of nitrogen functional groups attached to an aromatic ring is 1. The van der Waals surface area contributed by atoms with Gasteiger partial charge in [-0.05, 0) is 24.9 Å². The third-order valence-corrected chi connectivity index (χ3v) is 2.96. The number of nitrogens with two attached hydrogens (primary N) is 1. The fourth-order valence-corrected chi connectivity index (χ4v) is 1.89. The molecule has 0 aliphatic carbocycles. The normalized spacial score (nSPS) is 12.2. The molecule has 0 aliphatic heterocycles. The first-order valence-electron chi connectivity index (χ1n) is 4.83. The van der Waals surface area contributed by atoms with Gasteiger partial charge in [0.15, 0.2) is 5.82 Å². The van der Waals surface area contributed by atoms with Crippen LogP contribution in [-0.4, -0.2) is 23.4 Å². The van der Waals surface area contributed by atoms with Gasteiger partial charge in [0.2, 0.25) is 0 Å². The Balaban J connectivity index is 2.93. The van der Waals surface area contributed by atoms with E-state index in [4.69, 9.17) is 5.73 Å². The van der Waals surface area contributed by atoms with E-state index in [0.29, 0.717) is 11.6 Å². The zero-order valence-electron chi connectivity index (χ0n) is 9.13. The van der Waals surface area contributed by atoms with Crippen LogP contribution in [-0.2, 0) is 0 Å². The van der Waals surface area contributed by atoms with Crippen molar-refractivity contribution in [3.63, 3.8) is 0 Å². The minimum absolute atomic E-state index is 0.202. The highest BCUT2D eigenvalue weighted by Crippen LogP contribution is 2.27. The second-order valence-corrected chi connectivity index (χ2v) is 4.08. The molecular formula is C9H16N4OS. The molecule has 1 unspecified atom stereocenters. The van der Waals surface area contributed by atoms with Crippen LogP contribution >= 0.6 is 11.5 Å². The van der Waals surface area contributed by atoms with Crippen LogP contribution < -0.4 is 16.4 Å². The quantitative estimate of drug-likeness (QED) is 0.725. The average Bonchev–Trinajstić information content (AvgIpc) is 2.58. The summed E-state index contributed by atoms with van der Waals surface area (Å²) in [5.41, 5.74) is 6.08. The lowest BCUT2D eigenvalue weighted by molar-refractivity contribution is 0.0965. The van der Waals surface area contributed by atoms with Gasteiger partial charge >= 0.3 is 0 Å². The lowest BCUT2D eigenvalue weighted by atomic mass is 10.2. The molecule has 0 bridgehead atoms. The first-order chi connectivity index (χ1) is 7.10. The predicted octanol–water partition coefficient (Wildman–Crippen LogP) is 1.30. The van der Waals surface area contributed by atoms with Crippen LogP contribution in [0, 0.1) is 0 Å². The molecule has 4 N–H and O–H groups in total. The SMILES string of the molecule is CCC(C)Nc1snc(N)c1C(=O)NC. The number of hydrogen-bond acceptors (Lipinski definition) is 5. The zero-order chi connectivity index (χ0) is 11.4. The van der Waals surface area contributed by atoms with E-state index in [1.54, 1.807) is 7.05 Å². The van der Waals surface area contributed by atoms with Crippen LogP contribution in [0.1, 0.15) is 30.6 Å². The second kappa shape index (κ2) is 4.97. The van der Waals surface area contributed by atoms with Crippen LogP contribution in [0.25, 0.3) is 0 Å². The van der Waals surface area contributed by atoms with Gasteiger partial charge in [-0.25, -0.2) is 0 Å². The highest BCUT2D eigenvalue weighted by Gasteiger charge is 2.18. The van der Waals surface area contributed by atoms with Gasteiger partial charge in [0.1, 0.15) is 10.6 Å². The van der Waals surface area contributed by atoms with Crippen molar-refractivity contribution in [2.45, 2.75) is 26.3 Å². The summed E-state index contributed by atoms with van der Waals surface area (Å²) in [6.45, 7) is 4.12. The first kappa shape index (κ1) is 11.8. The van der Waals surface area contributed by atoms with E-state index in [1.807, 2.05) is 6.92 Å². The third-order valence-electron chi connectivity index (χ3n) is 2.16. The lowest BCUT2D eigenvalue weighted by Gasteiger charge is -2.11. The lowest BCUT2D eigenvalue weighted by Crippen LogP contribution is -2.21. The van der Waals surface area contributed by atoms with E-state index in [0.717, 1.165) is 11.4 Å². The van der Waals surface area contributed by atoms with Crippen LogP contribution in [0.5, 0.6) is 0 Å². The van der Waals surface area contributed by atoms with Gasteiger partial charge in [0.25, 0.3) is 5.91 Å². The van der Waals surface area contributed by atoms with Crippen molar-refractivity contribution in [1.82, 2.24) is 9.69 Å². The van der Waals surface area contributed by atoms with Crippen molar-refractivity contribution in [2.75, 3.05) is 18.1 Å². The molecule has 84 valence electrons. The third kappa shape index (κ3) is 2.59. The standard InChI is InChI=1S/C9H16N4OS/c1-4-5(2)12-9-6(8(14)11-3)7(10)13-15-9/h5,12H,4H2,1-3H3,(H2,10,13)(H,11,14). The molecule has 6 heteroatoms. The summed E-state index contributed by atoms with van der Waals surface area (Å²) >= 11 is 1.22. The van der Waals surface area contributed by atoms with Crippen molar-refractivity contribution >= 4 is 28.3 Å². The van der Waals surface area contributed by atoms with Crippen LogP contribution in [0.3, 0.4) is 0 Å². The molecule has 0 aliphatic rings. The number of aromatic nitrogens is 1. The molecule has 5 nitrogen and oxygen atoms in total. The minimum atomic E-state index is -0.202. The minimum Gasteiger partial charge on any atom is -0.382 e. The Morgan fingerprint density at radius 1 is 1.67 bits per heavy atom. The van der Waals surface area contributed by atoms with E-state index in [1.165, 1.54) is 11.5 Å². The monoisotopic (exact) mass is 228 g/mol. The Morgan fingerprint density at radius 2 is 2.33 bits per heavy atom. The molecule has 0 saturated carbocycles. The molecular weight excluding hydrogens is 212 g/mol. The van der Waals surface area contributed by atoms with Gasteiger partial charge in [0, 0.05) is 13.1 Å². The first-order valence-corrected chi connectivity index (χ1v) is 5.61. The number of carbonyl (C=O) groups excluding carboxylic acids is 1. The summed E-state index contributed by atoms with van der Waals surface area (Å²) < 4.78 is 3.97. The summed E-state index contributed by atoms with van der Waals surface area (Å²) in [7, 11) is 1.58. The van der Waals surface area contributed by atoms with Gasteiger partial charge in [-0.15, -0.1) is 0 Å². The number of carbonyl (C=O) groups is 1. The fraction of sp³-hybridized carbons (Fsp3) is 0.556. The van der Waals surface area contributed by atoms with Gasteiger partial charge in [-0.2, -0.15) is 4.37 Å². The van der Waals surface area contributed by atoms with E-state index in [-0.39, 0.29) is 11.7 Å². The molecule has 0 saturated heterocycles. The van der Waals surface area contributed by atoms with Crippen LogP contribution in [0.15, 0.2) is 0 Å². The number of rotatable bonds is 4. The molecule has 1 rings (SSSR count). The molecule has 1 atom stereocenters. The molecule has 0 aromatic carbocycles. The van der Waals surface area contributed by atoms with Crippen molar-refractivity contribution in [3.8, 4) is 0 Å². The molecule has 0 fully saturated rings. The maximum absolute atomic E-state index is 11.5. The van der Waals surface area contributed by atoms with Crippen molar-refractivity contribution in [2.24, 2.45) is 0 Å². The largest absolute Gasteiger partial charge is 0.382 e. The smallest absolute Gasteiger partial charge is 0.257 e. The van der Waals surface area contributed by atoms with E-state index < -0.39 is 0 Å². The zero-order valence-corrected chi connectivity index (χ0v) is 9.94. The molecule has 1 heterocycles. The summed E-state index contributed by atoms with van der Waals surface area (Å²) in [5, 5.41) is 6.50. The average molecular weight is 228 g/mol. The van der Waals surface area contributed by atoms with Gasteiger partial charge in [-0.3, -0.25) is 4.79 Å². The Hall–Kier alpha value is -1.30. The number of hydrogen-bond donors (Lipinski definition) is 3. The number of nitrogens with zero attached hydrogens (tertiary/aromatic N) is 1. The second-order valence-electron chi connectivity index (χ2n) is 3.30. The Bertz CT molecular complexity index is 350. The Labute approximate surface area is 93.2 Å². The summed E-state index contributed by atoms with van der Waals surface area (Å²) in [5.74, 6) is 0.0807. The predicted molar refractivity (Wildman–Crippen MR) is 63.3 cm³/mol. The summed E-state index contributed by atoms with van der Waals surface area (Å²) in [4.78, 5) is 11.5. The molecule has 1 amide bonds. The molecule has 1 aromatic rings. The molecule has 0 spiro atoms. The highest BCUT2D eigenvalue weighted by atomic mass is 32.1. The van der Waals surface area contributed by atoms with Gasteiger partial charge in [-0.1, -0.05) is 6.92 Å². The maximum Gasteiger partial charge on any atom is 0.257 e. The fourth-order valence-electron chi connectivity index (χ4n) is 1.07. The molecule has 0 radical (unpaired) electrons.